The molecule has 1 amide bonds. The van der Waals surface area contributed by atoms with Gasteiger partial charge in [-0.05, 0) is 57.4 Å². The molecular formula is C17H27FN4O. The van der Waals surface area contributed by atoms with Crippen LogP contribution in [0.5, 0.6) is 0 Å². The van der Waals surface area contributed by atoms with Gasteiger partial charge in [0.1, 0.15) is 5.82 Å². The molecule has 23 heavy (non-hydrogen) atoms. The molecule has 1 aromatic carbocycles. The standard InChI is InChI=1S/C17H27FN4O/c1-12-10-14(18)7-6-13(12)8-9-20-16(19-5)21-11-15(23)22-17(2,3)4/h6-7,10H,8-9,11H2,1-5H3,(H,22,23)(H2,19,20,21). The van der Waals surface area contributed by atoms with E-state index in [1.807, 2.05) is 27.7 Å². The number of guanidine groups is 1. The average molecular weight is 322 g/mol. The number of hydrogen-bond donors (Lipinski definition) is 3. The normalized spacial score (nSPS) is 12.0. The molecule has 0 saturated heterocycles. The highest BCUT2D eigenvalue weighted by atomic mass is 19.1. The number of amides is 1. The van der Waals surface area contributed by atoms with Crippen molar-refractivity contribution in [3.05, 3.63) is 35.1 Å². The smallest absolute Gasteiger partial charge is 0.239 e. The first-order chi connectivity index (χ1) is 10.7. The molecule has 0 aliphatic rings. The van der Waals surface area contributed by atoms with Crippen LogP contribution in [-0.4, -0.2) is 37.5 Å². The van der Waals surface area contributed by atoms with Crippen LogP contribution < -0.4 is 16.0 Å². The molecule has 0 aromatic heterocycles. The maximum atomic E-state index is 13.1. The topological polar surface area (TPSA) is 65.5 Å². The third kappa shape index (κ3) is 7.63. The summed E-state index contributed by atoms with van der Waals surface area (Å²) in [7, 11) is 1.65. The highest BCUT2D eigenvalue weighted by Gasteiger charge is 2.13. The molecule has 0 unspecified atom stereocenters. The van der Waals surface area contributed by atoms with Crippen molar-refractivity contribution < 1.29 is 9.18 Å². The van der Waals surface area contributed by atoms with Gasteiger partial charge >= 0.3 is 0 Å². The van der Waals surface area contributed by atoms with Gasteiger partial charge in [-0.25, -0.2) is 4.39 Å². The Hall–Kier alpha value is -2.11. The van der Waals surface area contributed by atoms with Crippen molar-refractivity contribution in [2.75, 3.05) is 20.1 Å². The fraction of sp³-hybridized carbons (Fsp3) is 0.529. The SMILES string of the molecule is CN=C(NCCc1ccc(F)cc1C)NCC(=O)NC(C)(C)C. The average Bonchev–Trinajstić information content (AvgIpc) is 2.42. The van der Waals surface area contributed by atoms with Crippen LogP contribution in [0.3, 0.4) is 0 Å². The Morgan fingerprint density at radius 3 is 2.52 bits per heavy atom. The number of hydrogen-bond acceptors (Lipinski definition) is 2. The third-order valence-electron chi connectivity index (χ3n) is 3.15. The summed E-state index contributed by atoms with van der Waals surface area (Å²) in [5, 5.41) is 8.99. The number of carbonyl (C=O) groups excluding carboxylic acids is 1. The first kappa shape index (κ1) is 18.9. The molecule has 5 nitrogen and oxygen atoms in total. The molecule has 0 spiro atoms. The number of aryl methyl sites for hydroxylation is 1. The van der Waals surface area contributed by atoms with Crippen LogP contribution in [0.2, 0.25) is 0 Å². The highest BCUT2D eigenvalue weighted by Crippen LogP contribution is 2.10. The van der Waals surface area contributed by atoms with Crippen molar-refractivity contribution in [1.29, 1.82) is 0 Å². The maximum Gasteiger partial charge on any atom is 0.239 e. The van der Waals surface area contributed by atoms with E-state index in [2.05, 4.69) is 20.9 Å². The molecule has 0 atom stereocenters. The van der Waals surface area contributed by atoms with E-state index in [1.54, 1.807) is 13.1 Å². The molecule has 0 bridgehead atoms. The van der Waals surface area contributed by atoms with Crippen molar-refractivity contribution in [3.63, 3.8) is 0 Å². The minimum absolute atomic E-state index is 0.0881. The van der Waals surface area contributed by atoms with E-state index in [9.17, 15) is 9.18 Å². The molecule has 1 aromatic rings. The number of nitrogens with one attached hydrogen (secondary N) is 3. The van der Waals surface area contributed by atoms with E-state index >= 15 is 0 Å². The van der Waals surface area contributed by atoms with E-state index < -0.39 is 0 Å². The third-order valence-corrected chi connectivity index (χ3v) is 3.15. The van der Waals surface area contributed by atoms with Gasteiger partial charge in [-0.15, -0.1) is 0 Å². The van der Waals surface area contributed by atoms with Crippen LogP contribution in [0, 0.1) is 12.7 Å². The molecule has 0 saturated carbocycles. The van der Waals surface area contributed by atoms with Gasteiger partial charge in [0.15, 0.2) is 5.96 Å². The van der Waals surface area contributed by atoms with Gasteiger partial charge < -0.3 is 16.0 Å². The lowest BCUT2D eigenvalue weighted by Crippen LogP contribution is -2.48. The first-order valence-electron chi connectivity index (χ1n) is 7.72. The van der Waals surface area contributed by atoms with Crippen LogP contribution in [0.15, 0.2) is 23.2 Å². The lowest BCUT2D eigenvalue weighted by molar-refractivity contribution is -0.121. The predicted molar refractivity (Wildman–Crippen MR) is 92.1 cm³/mol. The fourth-order valence-corrected chi connectivity index (χ4v) is 2.10. The Kier molecular flexibility index (Phi) is 7.00. The van der Waals surface area contributed by atoms with Crippen molar-refractivity contribution in [2.45, 2.75) is 39.7 Å². The van der Waals surface area contributed by atoms with Crippen LogP contribution in [0.1, 0.15) is 31.9 Å². The van der Waals surface area contributed by atoms with Gasteiger partial charge in [0.2, 0.25) is 5.91 Å². The molecule has 6 heteroatoms. The van der Waals surface area contributed by atoms with Gasteiger partial charge in [-0.2, -0.15) is 0 Å². The number of halogens is 1. The minimum Gasteiger partial charge on any atom is -0.356 e. The lowest BCUT2D eigenvalue weighted by Gasteiger charge is -2.21. The Morgan fingerprint density at radius 1 is 1.26 bits per heavy atom. The maximum absolute atomic E-state index is 13.1. The molecule has 1 rings (SSSR count). The second-order valence-electron chi connectivity index (χ2n) is 6.47. The van der Waals surface area contributed by atoms with E-state index in [1.165, 1.54) is 12.1 Å². The van der Waals surface area contributed by atoms with E-state index in [4.69, 9.17) is 0 Å². The zero-order valence-corrected chi connectivity index (χ0v) is 14.6. The Bertz CT molecular complexity index is 564. The zero-order chi connectivity index (χ0) is 17.5. The zero-order valence-electron chi connectivity index (χ0n) is 14.6. The lowest BCUT2D eigenvalue weighted by atomic mass is 10.1. The van der Waals surface area contributed by atoms with Crippen molar-refractivity contribution >= 4 is 11.9 Å². The number of rotatable bonds is 5. The van der Waals surface area contributed by atoms with Crippen LogP contribution in [0.25, 0.3) is 0 Å². The van der Waals surface area contributed by atoms with E-state index in [0.29, 0.717) is 12.5 Å². The van der Waals surface area contributed by atoms with Crippen molar-refractivity contribution in [3.8, 4) is 0 Å². The number of carbonyl (C=O) groups is 1. The summed E-state index contributed by atoms with van der Waals surface area (Å²) in [5.41, 5.74) is 1.76. The highest BCUT2D eigenvalue weighted by molar-refractivity contribution is 5.86. The minimum atomic E-state index is -0.254. The van der Waals surface area contributed by atoms with Crippen LogP contribution in [-0.2, 0) is 11.2 Å². The van der Waals surface area contributed by atoms with Gasteiger partial charge in [0.05, 0.1) is 6.54 Å². The summed E-state index contributed by atoms with van der Waals surface area (Å²) in [6.07, 6.45) is 0.751. The van der Waals surface area contributed by atoms with Crippen LogP contribution in [0.4, 0.5) is 4.39 Å². The largest absolute Gasteiger partial charge is 0.356 e. The number of nitrogens with zero attached hydrogens (tertiary/aromatic N) is 1. The Balaban J connectivity index is 2.38. The van der Waals surface area contributed by atoms with E-state index in [0.717, 1.165) is 17.5 Å². The number of aliphatic imine (C=N–C) groups is 1. The van der Waals surface area contributed by atoms with Crippen molar-refractivity contribution in [2.24, 2.45) is 4.99 Å². The monoisotopic (exact) mass is 322 g/mol. The molecule has 0 fully saturated rings. The molecule has 128 valence electrons. The van der Waals surface area contributed by atoms with Gasteiger partial charge in [-0.3, -0.25) is 9.79 Å². The quantitative estimate of drug-likeness (QED) is 0.572. The summed E-state index contributed by atoms with van der Waals surface area (Å²) in [5.74, 6) is 0.255. The Morgan fingerprint density at radius 2 is 1.96 bits per heavy atom. The Labute approximate surface area is 137 Å². The summed E-state index contributed by atoms with van der Waals surface area (Å²) in [4.78, 5) is 15.8. The summed E-state index contributed by atoms with van der Waals surface area (Å²) in [6.45, 7) is 8.50. The van der Waals surface area contributed by atoms with Crippen molar-refractivity contribution in [1.82, 2.24) is 16.0 Å². The molecule has 0 aliphatic carbocycles. The second kappa shape index (κ2) is 8.50. The van der Waals surface area contributed by atoms with Gasteiger partial charge in [0.25, 0.3) is 0 Å². The predicted octanol–water partition coefficient (Wildman–Crippen LogP) is 1.76. The van der Waals surface area contributed by atoms with Gasteiger partial charge in [0, 0.05) is 19.1 Å². The molecular weight excluding hydrogens is 295 g/mol. The molecule has 3 N–H and O–H groups in total. The summed E-state index contributed by atoms with van der Waals surface area (Å²) >= 11 is 0. The first-order valence-corrected chi connectivity index (χ1v) is 7.72. The second-order valence-corrected chi connectivity index (χ2v) is 6.47. The fourth-order valence-electron chi connectivity index (χ4n) is 2.10. The summed E-state index contributed by atoms with van der Waals surface area (Å²) < 4.78 is 13.1. The van der Waals surface area contributed by atoms with E-state index in [-0.39, 0.29) is 23.8 Å². The van der Waals surface area contributed by atoms with Crippen LogP contribution >= 0.6 is 0 Å². The number of benzene rings is 1. The molecule has 0 radical (unpaired) electrons. The van der Waals surface area contributed by atoms with Gasteiger partial charge in [-0.1, -0.05) is 6.07 Å². The molecule has 0 aliphatic heterocycles. The summed E-state index contributed by atoms with van der Waals surface area (Å²) in [6, 6.07) is 4.78. The molecule has 0 heterocycles.